The summed E-state index contributed by atoms with van der Waals surface area (Å²) in [5.41, 5.74) is 13.6. The third-order valence-electron chi connectivity index (χ3n) is 11.1. The van der Waals surface area contributed by atoms with Crippen molar-refractivity contribution in [2.24, 2.45) is 0 Å². The van der Waals surface area contributed by atoms with Gasteiger partial charge >= 0.3 is 0 Å². The Hall–Kier alpha value is -8.89. The second-order valence-corrected chi connectivity index (χ2v) is 14.7. The Kier molecular flexibility index (Phi) is 9.24. The quantitative estimate of drug-likeness (QED) is 0.151. The van der Waals surface area contributed by atoms with Crippen molar-refractivity contribution in [1.82, 2.24) is 14.5 Å². The van der Waals surface area contributed by atoms with Crippen LogP contribution >= 0.6 is 0 Å². The molecule has 0 fully saturated rings. The fraction of sp³-hybridized carbons (Fsp3) is 0. The molecular weight excluding hydrogens is 745 g/mol. The third kappa shape index (κ3) is 6.56. The molecule has 0 bridgehead atoms. The van der Waals surface area contributed by atoms with Gasteiger partial charge in [-0.15, -0.1) is 0 Å². The summed E-state index contributed by atoms with van der Waals surface area (Å²) in [6, 6.07) is 69.1. The number of benzene rings is 8. The van der Waals surface area contributed by atoms with Gasteiger partial charge in [-0.25, -0.2) is 14.8 Å². The Balaban J connectivity index is 1.33. The minimum atomic E-state index is 0.509. The highest BCUT2D eigenvalue weighted by atomic mass is 15.0. The van der Waals surface area contributed by atoms with Gasteiger partial charge in [0.25, 0.3) is 0 Å². The smallest absolute Gasteiger partial charge is 0.187 e. The first-order valence-corrected chi connectivity index (χ1v) is 19.8. The molecule has 8 aromatic carbocycles. The lowest BCUT2D eigenvalue weighted by molar-refractivity contribution is 1.16. The highest BCUT2D eigenvalue weighted by Gasteiger charge is 2.25. The molecule has 0 unspecified atom stereocenters. The number of rotatable bonds is 7. The molecule has 0 spiro atoms. The summed E-state index contributed by atoms with van der Waals surface area (Å²) in [4.78, 5) is 14.0. The first kappa shape index (κ1) is 36.5. The van der Waals surface area contributed by atoms with Crippen molar-refractivity contribution in [1.29, 1.82) is 10.5 Å². The molecule has 0 N–H and O–H groups in total. The topological polar surface area (TPSA) is 82.7 Å². The van der Waals surface area contributed by atoms with Gasteiger partial charge in [0.15, 0.2) is 11.5 Å². The molecule has 282 valence electrons. The van der Waals surface area contributed by atoms with Crippen LogP contribution in [0.1, 0.15) is 11.1 Å². The van der Waals surface area contributed by atoms with Crippen molar-refractivity contribution in [2.45, 2.75) is 0 Å². The average Bonchev–Trinajstić information content (AvgIpc) is 3.67. The lowest BCUT2D eigenvalue weighted by atomic mass is 9.89. The van der Waals surface area contributed by atoms with E-state index in [0.29, 0.717) is 22.6 Å². The van der Waals surface area contributed by atoms with Gasteiger partial charge in [-0.05, 0) is 59.7 Å². The Bertz CT molecular complexity index is 3300. The molecule has 0 aliphatic heterocycles. The molecule has 61 heavy (non-hydrogen) atoms. The van der Waals surface area contributed by atoms with Crippen molar-refractivity contribution < 1.29 is 0 Å². The Morgan fingerprint density at radius 1 is 0.426 bits per heavy atom. The van der Waals surface area contributed by atoms with Crippen LogP contribution in [0.2, 0.25) is 0 Å². The molecule has 10 rings (SSSR count). The van der Waals surface area contributed by atoms with Crippen LogP contribution in [0.15, 0.2) is 194 Å². The number of nitrogens with zero attached hydrogens (tertiary/aromatic N) is 6. The number of hydrogen-bond acceptors (Lipinski definition) is 4. The van der Waals surface area contributed by atoms with Crippen LogP contribution in [0.25, 0.3) is 99.6 Å². The van der Waals surface area contributed by atoms with E-state index in [1.165, 1.54) is 0 Å². The highest BCUT2D eigenvalue weighted by molar-refractivity contribution is 6.12. The first-order chi connectivity index (χ1) is 30.1. The Morgan fingerprint density at radius 3 is 1.51 bits per heavy atom. The number of para-hydroxylation sites is 1. The van der Waals surface area contributed by atoms with Gasteiger partial charge in [0.05, 0.1) is 57.9 Å². The maximum Gasteiger partial charge on any atom is 0.187 e. The monoisotopic (exact) mass is 776 g/mol. The van der Waals surface area contributed by atoms with Gasteiger partial charge in [0.2, 0.25) is 0 Å². The van der Waals surface area contributed by atoms with E-state index in [1.807, 2.05) is 152 Å². The molecule has 2 heterocycles. The molecular formula is C55H32N6. The molecule has 0 saturated carbocycles. The summed E-state index contributed by atoms with van der Waals surface area (Å²) in [7, 11) is 0. The molecule has 2 aromatic heterocycles. The molecule has 0 radical (unpaired) electrons. The summed E-state index contributed by atoms with van der Waals surface area (Å²) in [6.45, 7) is 7.44. The van der Waals surface area contributed by atoms with Crippen LogP contribution in [-0.2, 0) is 0 Å². The molecule has 0 amide bonds. The second kappa shape index (κ2) is 15.5. The zero-order chi connectivity index (χ0) is 41.3. The molecule has 0 aliphatic rings. The lowest BCUT2D eigenvalue weighted by Gasteiger charge is -2.22. The Labute approximate surface area is 353 Å². The number of nitriles is 2. The van der Waals surface area contributed by atoms with Crippen LogP contribution in [-0.4, -0.2) is 14.5 Å². The SMILES string of the molecule is [C-]#[N+]c1ccc(-c2ccc3c(c2)c2ccccc2n3-c2c(-c3ccccc3C#N)cc(-c3nc(-c4ccccc4)cc(-c4ccccc4)n3)cc2-c2ccccc2C#N)cc1. The molecule has 0 aliphatic carbocycles. The zero-order valence-electron chi connectivity index (χ0n) is 32.7. The number of aromatic nitrogens is 3. The minimum Gasteiger partial charge on any atom is -0.308 e. The zero-order valence-corrected chi connectivity index (χ0v) is 32.7. The van der Waals surface area contributed by atoms with Crippen LogP contribution in [0, 0.1) is 29.2 Å². The Morgan fingerprint density at radius 2 is 0.934 bits per heavy atom. The van der Waals surface area contributed by atoms with Crippen LogP contribution < -0.4 is 0 Å². The maximum absolute atomic E-state index is 10.7. The van der Waals surface area contributed by atoms with Crippen molar-refractivity contribution in [3.05, 3.63) is 217 Å². The standard InChI is InChI=1S/C55H32N6/c1-58-43-27-24-36(25-28-43)39-26-29-53-47(30-39)46-22-12-13-23-52(46)61(53)54-48(44-20-10-8-18-40(44)34-56)31-42(32-49(54)45-21-11-9-19-41(45)35-57)55-59-50(37-14-4-2-5-15-37)33-51(60-55)38-16-6-3-7-17-38/h2-33H. The second-order valence-electron chi connectivity index (χ2n) is 14.7. The van der Waals surface area contributed by atoms with Gasteiger partial charge in [0, 0.05) is 49.7 Å². The van der Waals surface area contributed by atoms with E-state index in [1.54, 1.807) is 0 Å². The molecule has 0 saturated heterocycles. The maximum atomic E-state index is 10.7. The van der Waals surface area contributed by atoms with Gasteiger partial charge < -0.3 is 4.57 Å². The van der Waals surface area contributed by atoms with Crippen molar-refractivity contribution in [3.8, 4) is 85.1 Å². The molecule has 0 atom stereocenters. The predicted octanol–water partition coefficient (Wildman–Crippen LogP) is 13.9. The normalized spacial score (nSPS) is 10.9. The van der Waals surface area contributed by atoms with Crippen LogP contribution in [0.4, 0.5) is 5.69 Å². The van der Waals surface area contributed by atoms with E-state index in [-0.39, 0.29) is 0 Å². The fourth-order valence-electron chi connectivity index (χ4n) is 8.26. The third-order valence-corrected chi connectivity index (χ3v) is 11.1. The largest absolute Gasteiger partial charge is 0.308 e. The average molecular weight is 777 g/mol. The van der Waals surface area contributed by atoms with Gasteiger partial charge in [0.1, 0.15) is 0 Å². The van der Waals surface area contributed by atoms with E-state index in [9.17, 15) is 10.5 Å². The summed E-state index contributed by atoms with van der Waals surface area (Å²) in [6.07, 6.45) is 0. The molecule has 10 aromatic rings. The van der Waals surface area contributed by atoms with Gasteiger partial charge in [-0.2, -0.15) is 10.5 Å². The van der Waals surface area contributed by atoms with E-state index < -0.39 is 0 Å². The first-order valence-electron chi connectivity index (χ1n) is 19.8. The van der Waals surface area contributed by atoms with E-state index in [0.717, 1.165) is 89.0 Å². The summed E-state index contributed by atoms with van der Waals surface area (Å²) < 4.78 is 2.27. The molecule has 6 nitrogen and oxygen atoms in total. The number of hydrogen-bond donors (Lipinski definition) is 0. The minimum absolute atomic E-state index is 0.509. The highest BCUT2D eigenvalue weighted by Crippen LogP contribution is 2.45. The van der Waals surface area contributed by atoms with Crippen LogP contribution in [0.3, 0.4) is 0 Å². The lowest BCUT2D eigenvalue weighted by Crippen LogP contribution is -2.04. The fourth-order valence-corrected chi connectivity index (χ4v) is 8.26. The summed E-state index contributed by atoms with van der Waals surface area (Å²) >= 11 is 0. The van der Waals surface area contributed by atoms with E-state index in [2.05, 4.69) is 64.0 Å². The summed E-state index contributed by atoms with van der Waals surface area (Å²) in [5.74, 6) is 0.509. The number of fused-ring (bicyclic) bond motifs is 3. The van der Waals surface area contributed by atoms with Crippen molar-refractivity contribution in [3.63, 3.8) is 0 Å². The van der Waals surface area contributed by atoms with Crippen LogP contribution in [0.5, 0.6) is 0 Å². The molecule has 6 heteroatoms. The van der Waals surface area contributed by atoms with E-state index >= 15 is 0 Å². The van der Waals surface area contributed by atoms with Crippen molar-refractivity contribution >= 4 is 27.5 Å². The predicted molar refractivity (Wildman–Crippen MR) is 245 cm³/mol. The summed E-state index contributed by atoms with van der Waals surface area (Å²) in [5, 5.41) is 23.4. The van der Waals surface area contributed by atoms with Crippen molar-refractivity contribution in [2.75, 3.05) is 0 Å². The van der Waals surface area contributed by atoms with Gasteiger partial charge in [-0.1, -0.05) is 146 Å². The van der Waals surface area contributed by atoms with Gasteiger partial charge in [-0.3, -0.25) is 0 Å². The van der Waals surface area contributed by atoms with E-state index in [4.69, 9.17) is 16.5 Å².